The number of aryl methyl sites for hydroxylation is 1. The van der Waals surface area contributed by atoms with Crippen molar-refractivity contribution in [3.05, 3.63) is 48.0 Å². The molecular weight excluding hydrogens is 396 g/mol. The molecule has 2 aromatic carbocycles. The number of aromatic hydroxyl groups is 1. The van der Waals surface area contributed by atoms with Gasteiger partial charge in [0.2, 0.25) is 0 Å². The van der Waals surface area contributed by atoms with Crippen molar-refractivity contribution in [1.82, 2.24) is 0 Å². The van der Waals surface area contributed by atoms with Gasteiger partial charge < -0.3 is 10.0 Å². The Bertz CT molecular complexity index is 651. The van der Waals surface area contributed by atoms with E-state index >= 15 is 0 Å². The van der Waals surface area contributed by atoms with E-state index < -0.39 is 17.0 Å². The predicted molar refractivity (Wildman–Crippen MR) is 105 cm³/mol. The Labute approximate surface area is 163 Å². The maximum absolute atomic E-state index is 10.1. The number of benzene rings is 2. The molecule has 0 aliphatic carbocycles. The average Bonchev–Trinajstić information content (AvgIpc) is 2.60. The third-order valence-electron chi connectivity index (χ3n) is 4.11. The van der Waals surface area contributed by atoms with Crippen molar-refractivity contribution in [3.8, 4) is 5.75 Å². The number of hydrogen-bond donors (Lipinski definition) is 1. The summed E-state index contributed by atoms with van der Waals surface area (Å²) in [5, 5.41) is 12.5. The minimum atomic E-state index is -0.556. The van der Waals surface area contributed by atoms with E-state index in [0.29, 0.717) is 14.3 Å². The quantitative estimate of drug-likeness (QED) is 0.578. The molecule has 0 radical (unpaired) electrons. The first-order valence-electron chi connectivity index (χ1n) is 8.03. The van der Waals surface area contributed by atoms with Gasteiger partial charge in [-0.25, -0.2) is 0 Å². The molecule has 3 rings (SSSR count). The van der Waals surface area contributed by atoms with Crippen molar-refractivity contribution in [3.63, 3.8) is 0 Å². The zero-order valence-corrected chi connectivity index (χ0v) is 17.8. The van der Waals surface area contributed by atoms with Crippen molar-refractivity contribution < 1.29 is 22.1 Å². The molecule has 1 atom stereocenters. The molecule has 1 aliphatic rings. The fourth-order valence-electron chi connectivity index (χ4n) is 2.93. The Morgan fingerprint density at radius 3 is 2.33 bits per heavy atom. The number of anilines is 1. The summed E-state index contributed by atoms with van der Waals surface area (Å²) < 4.78 is 0. The molecule has 1 saturated heterocycles. The van der Waals surface area contributed by atoms with Crippen LogP contribution in [0.2, 0.25) is 0 Å². The van der Waals surface area contributed by atoms with Crippen LogP contribution < -0.4 is 15.5 Å². The van der Waals surface area contributed by atoms with Crippen LogP contribution in [0, 0.1) is 6.92 Å². The zero-order valence-electron chi connectivity index (χ0n) is 13.7. The molecule has 1 unspecified atom stereocenters. The van der Waals surface area contributed by atoms with Gasteiger partial charge in [0.05, 0.1) is 0 Å². The van der Waals surface area contributed by atoms with Gasteiger partial charge in [0.25, 0.3) is 0 Å². The zero-order chi connectivity index (χ0) is 17.4. The summed E-state index contributed by atoms with van der Waals surface area (Å²) in [6.07, 6.45) is 3.92. The number of nitrogens with zero attached hydrogens (tertiary/aromatic N) is 1. The Kier molecular flexibility index (Phi) is 8.94. The van der Waals surface area contributed by atoms with Gasteiger partial charge in [0, 0.05) is 29.4 Å². The molecule has 0 aromatic heterocycles. The first-order chi connectivity index (χ1) is 11.7. The number of phenols is 1. The Morgan fingerprint density at radius 1 is 1.00 bits per heavy atom. The first kappa shape index (κ1) is 20.1. The summed E-state index contributed by atoms with van der Waals surface area (Å²) >= 11 is -0.556. The average molecular weight is 418 g/mol. The molecule has 128 valence electrons. The van der Waals surface area contributed by atoms with Crippen LogP contribution in [0.4, 0.5) is 5.69 Å². The standard InChI is InChI=1S/C18H22NOP.2ClH.Ti/c1-14-8-7-9-15(19-12-5-2-6-13-19)18(14)21-17-11-4-3-10-16(17)20;;;/h3-4,7-11,20-21H,2,5-6,12-13H2,1H3;2*1H;/q;;;+2/p-2. The van der Waals surface area contributed by atoms with Crippen LogP contribution in [0.3, 0.4) is 0 Å². The summed E-state index contributed by atoms with van der Waals surface area (Å²) in [7, 11) is 10.3. The normalized spacial score (nSPS) is 14.4. The SMILES string of the molecule is Cc1cccc(N2CCCCC2)c1Pc1ccccc1O.[Cl][Ti][Cl]. The number of piperidine rings is 1. The van der Waals surface area contributed by atoms with Gasteiger partial charge in [-0.05, 0) is 43.9 Å². The Morgan fingerprint density at radius 2 is 1.67 bits per heavy atom. The maximum atomic E-state index is 10.1. The molecule has 0 saturated carbocycles. The van der Waals surface area contributed by atoms with E-state index in [0.717, 1.165) is 18.4 Å². The van der Waals surface area contributed by atoms with Gasteiger partial charge in [-0.15, -0.1) is 0 Å². The second kappa shape index (κ2) is 10.7. The predicted octanol–water partition coefficient (Wildman–Crippen LogP) is 4.70. The Hall–Kier alpha value is -0.236. The number of phenolic OH excluding ortho intramolecular Hbond substituents is 1. The fraction of sp³-hybridized carbons (Fsp3) is 0.333. The summed E-state index contributed by atoms with van der Waals surface area (Å²) in [5.74, 6) is 0.406. The molecule has 2 aromatic rings. The van der Waals surface area contributed by atoms with E-state index in [-0.39, 0.29) is 0 Å². The molecule has 6 heteroatoms. The number of para-hydroxylation sites is 1. The molecule has 1 fully saturated rings. The summed E-state index contributed by atoms with van der Waals surface area (Å²) in [5.41, 5.74) is 2.68. The van der Waals surface area contributed by atoms with Crippen LogP contribution >= 0.6 is 27.2 Å². The van der Waals surface area contributed by atoms with Crippen LogP contribution in [-0.2, 0) is 17.0 Å². The number of rotatable bonds is 3. The monoisotopic (exact) mass is 417 g/mol. The molecule has 1 heterocycles. The van der Waals surface area contributed by atoms with Gasteiger partial charge in [0.15, 0.2) is 0 Å². The van der Waals surface area contributed by atoms with Crippen LogP contribution in [0.5, 0.6) is 5.75 Å². The van der Waals surface area contributed by atoms with Crippen LogP contribution in [0.15, 0.2) is 42.5 Å². The molecule has 1 N–H and O–H groups in total. The first-order valence-corrected chi connectivity index (χ1v) is 13.3. The van der Waals surface area contributed by atoms with Gasteiger partial charge in [0.1, 0.15) is 5.75 Å². The van der Waals surface area contributed by atoms with Gasteiger partial charge in [-0.1, -0.05) is 38.9 Å². The third-order valence-corrected chi connectivity index (χ3v) is 5.70. The van der Waals surface area contributed by atoms with Crippen molar-refractivity contribution in [2.24, 2.45) is 0 Å². The van der Waals surface area contributed by atoms with Crippen molar-refractivity contribution in [1.29, 1.82) is 0 Å². The second-order valence-corrected chi connectivity index (χ2v) is 9.60. The third kappa shape index (κ3) is 5.65. The van der Waals surface area contributed by atoms with Gasteiger partial charge in [-0.3, -0.25) is 0 Å². The second-order valence-electron chi connectivity index (χ2n) is 5.73. The van der Waals surface area contributed by atoms with E-state index in [9.17, 15) is 5.11 Å². The van der Waals surface area contributed by atoms with Gasteiger partial charge in [-0.2, -0.15) is 0 Å². The molecular formula is C18H22Cl2NOPTi. The molecule has 0 amide bonds. The minimum absolute atomic E-state index is 0.406. The van der Waals surface area contributed by atoms with Crippen molar-refractivity contribution in [2.45, 2.75) is 26.2 Å². The van der Waals surface area contributed by atoms with Crippen molar-refractivity contribution in [2.75, 3.05) is 18.0 Å². The molecule has 24 heavy (non-hydrogen) atoms. The fourth-order valence-corrected chi connectivity index (χ4v) is 4.24. The van der Waals surface area contributed by atoms with Crippen LogP contribution in [-0.4, -0.2) is 18.2 Å². The molecule has 1 aliphatic heterocycles. The number of hydrogen-bond acceptors (Lipinski definition) is 2. The van der Waals surface area contributed by atoms with Crippen LogP contribution in [0.25, 0.3) is 0 Å². The molecule has 0 bridgehead atoms. The number of halogens is 2. The van der Waals surface area contributed by atoms with E-state index in [1.54, 1.807) is 6.07 Å². The van der Waals surface area contributed by atoms with Gasteiger partial charge >= 0.3 is 35.6 Å². The van der Waals surface area contributed by atoms with E-state index in [1.807, 2.05) is 18.2 Å². The topological polar surface area (TPSA) is 23.5 Å². The Balaban J connectivity index is 0.000000647. The van der Waals surface area contributed by atoms with Crippen molar-refractivity contribution >= 4 is 43.5 Å². The summed E-state index contributed by atoms with van der Waals surface area (Å²) in [6.45, 7) is 4.49. The summed E-state index contributed by atoms with van der Waals surface area (Å²) in [6, 6.07) is 14.3. The van der Waals surface area contributed by atoms with E-state index in [2.05, 4.69) is 30.0 Å². The van der Waals surface area contributed by atoms with E-state index in [1.165, 1.54) is 35.8 Å². The summed E-state index contributed by atoms with van der Waals surface area (Å²) in [4.78, 5) is 2.51. The molecule has 2 nitrogen and oxygen atoms in total. The van der Waals surface area contributed by atoms with E-state index in [4.69, 9.17) is 18.6 Å². The van der Waals surface area contributed by atoms with Crippen LogP contribution in [0.1, 0.15) is 24.8 Å². The molecule has 0 spiro atoms.